The third-order valence-electron chi connectivity index (χ3n) is 3.08. The average Bonchev–Trinajstić information content (AvgIpc) is 2.60. The molecule has 9 heteroatoms. The largest absolute Gasteiger partial charge is 0.493 e. The van der Waals surface area contributed by atoms with E-state index in [0.717, 1.165) is 0 Å². The Balaban J connectivity index is 2.09. The predicted octanol–water partition coefficient (Wildman–Crippen LogP) is 3.23. The van der Waals surface area contributed by atoms with Crippen LogP contribution in [0.2, 0.25) is 10.0 Å². The second-order valence-electron chi connectivity index (χ2n) is 4.92. The topological polar surface area (TPSA) is 97.2 Å². The van der Waals surface area contributed by atoms with E-state index in [1.807, 2.05) is 0 Å². The summed E-state index contributed by atoms with van der Waals surface area (Å²) >= 11 is 11.9. The number of nitrogens with one attached hydrogen (secondary N) is 1. The Morgan fingerprint density at radius 3 is 2.54 bits per heavy atom. The summed E-state index contributed by atoms with van der Waals surface area (Å²) in [5, 5.41) is 13.2. The molecule has 0 radical (unpaired) electrons. The highest BCUT2D eigenvalue weighted by atomic mass is 35.5. The first-order valence-corrected chi connectivity index (χ1v) is 7.97. The number of hydrazone groups is 1. The van der Waals surface area contributed by atoms with E-state index in [2.05, 4.69) is 10.5 Å². The van der Waals surface area contributed by atoms with Gasteiger partial charge in [-0.3, -0.25) is 4.79 Å². The third-order valence-corrected chi connectivity index (χ3v) is 3.61. The standard InChI is InChI=1S/C17H14Cl2N2O5/c1-25-14-7-10(6-13(19)16(14)26-9-15(22)23)8-20-21-17(24)11-2-4-12(18)5-3-11/h2-8H,9H2,1H3,(H,21,24)(H,22,23)/b20-8-. The van der Waals surface area contributed by atoms with Gasteiger partial charge >= 0.3 is 5.97 Å². The number of hydrogen-bond acceptors (Lipinski definition) is 5. The van der Waals surface area contributed by atoms with Gasteiger partial charge in [-0.2, -0.15) is 5.10 Å². The number of amides is 1. The number of aliphatic carboxylic acids is 1. The number of rotatable bonds is 7. The summed E-state index contributed by atoms with van der Waals surface area (Å²) < 4.78 is 10.2. The molecule has 0 unspecified atom stereocenters. The number of carboxylic acids is 1. The summed E-state index contributed by atoms with van der Waals surface area (Å²) in [4.78, 5) is 22.6. The molecule has 0 heterocycles. The van der Waals surface area contributed by atoms with Gasteiger partial charge in [0.1, 0.15) is 0 Å². The van der Waals surface area contributed by atoms with Crippen LogP contribution >= 0.6 is 23.2 Å². The van der Waals surface area contributed by atoms with E-state index in [1.54, 1.807) is 30.3 Å². The van der Waals surface area contributed by atoms with Crippen molar-refractivity contribution >= 4 is 41.3 Å². The van der Waals surface area contributed by atoms with Gasteiger partial charge in [0.2, 0.25) is 0 Å². The van der Waals surface area contributed by atoms with Gasteiger partial charge in [-0.05, 0) is 42.0 Å². The number of carbonyl (C=O) groups excluding carboxylic acids is 1. The number of benzene rings is 2. The Morgan fingerprint density at radius 1 is 1.23 bits per heavy atom. The van der Waals surface area contributed by atoms with E-state index in [1.165, 1.54) is 19.4 Å². The lowest BCUT2D eigenvalue weighted by Crippen LogP contribution is -2.17. The molecule has 2 aromatic carbocycles. The van der Waals surface area contributed by atoms with Gasteiger partial charge in [-0.25, -0.2) is 10.2 Å². The first-order chi connectivity index (χ1) is 12.4. The number of carboxylic acid groups (broad SMARTS) is 1. The fourth-order valence-electron chi connectivity index (χ4n) is 1.92. The highest BCUT2D eigenvalue weighted by Gasteiger charge is 2.13. The van der Waals surface area contributed by atoms with Crippen LogP contribution in [0.25, 0.3) is 0 Å². The number of carbonyl (C=O) groups is 2. The van der Waals surface area contributed by atoms with Gasteiger partial charge in [-0.15, -0.1) is 0 Å². The van der Waals surface area contributed by atoms with E-state index < -0.39 is 18.5 Å². The Bertz CT molecular complexity index is 838. The van der Waals surface area contributed by atoms with Crippen LogP contribution in [0.1, 0.15) is 15.9 Å². The van der Waals surface area contributed by atoms with Gasteiger partial charge < -0.3 is 14.6 Å². The quantitative estimate of drug-likeness (QED) is 0.552. The summed E-state index contributed by atoms with van der Waals surface area (Å²) in [5.74, 6) is -1.20. The van der Waals surface area contributed by atoms with Crippen LogP contribution in [0.3, 0.4) is 0 Å². The number of ether oxygens (including phenoxy) is 2. The molecule has 0 aliphatic heterocycles. The van der Waals surface area contributed by atoms with Gasteiger partial charge in [0.05, 0.1) is 18.3 Å². The normalized spacial score (nSPS) is 10.6. The van der Waals surface area contributed by atoms with E-state index in [9.17, 15) is 9.59 Å². The van der Waals surface area contributed by atoms with Crippen LogP contribution in [0.15, 0.2) is 41.5 Å². The van der Waals surface area contributed by atoms with E-state index in [0.29, 0.717) is 16.1 Å². The lowest BCUT2D eigenvalue weighted by atomic mass is 10.2. The zero-order valence-electron chi connectivity index (χ0n) is 13.5. The highest BCUT2D eigenvalue weighted by Crippen LogP contribution is 2.36. The second-order valence-corrected chi connectivity index (χ2v) is 5.77. The lowest BCUT2D eigenvalue weighted by molar-refractivity contribution is -0.139. The van der Waals surface area contributed by atoms with E-state index in [-0.39, 0.29) is 16.5 Å². The molecule has 0 saturated heterocycles. The number of halogens is 2. The minimum Gasteiger partial charge on any atom is -0.493 e. The zero-order chi connectivity index (χ0) is 19.1. The molecule has 0 aliphatic rings. The maximum absolute atomic E-state index is 11.9. The van der Waals surface area contributed by atoms with Gasteiger partial charge in [0.15, 0.2) is 18.1 Å². The molecule has 0 aliphatic carbocycles. The molecule has 0 saturated carbocycles. The van der Waals surface area contributed by atoms with Crippen molar-refractivity contribution in [2.75, 3.05) is 13.7 Å². The molecule has 0 bridgehead atoms. The summed E-state index contributed by atoms with van der Waals surface area (Å²) in [7, 11) is 1.39. The van der Waals surface area contributed by atoms with E-state index >= 15 is 0 Å². The summed E-state index contributed by atoms with van der Waals surface area (Å²) in [6, 6.07) is 9.38. The van der Waals surface area contributed by atoms with Gasteiger partial charge in [0.25, 0.3) is 5.91 Å². The van der Waals surface area contributed by atoms with Crippen LogP contribution in [-0.4, -0.2) is 36.9 Å². The zero-order valence-corrected chi connectivity index (χ0v) is 15.0. The fraction of sp³-hybridized carbons (Fsp3) is 0.118. The average molecular weight is 397 g/mol. The van der Waals surface area contributed by atoms with Crippen LogP contribution in [-0.2, 0) is 4.79 Å². The van der Waals surface area contributed by atoms with Crippen LogP contribution in [0.4, 0.5) is 0 Å². The molecule has 1 amide bonds. The second kappa shape index (κ2) is 9.07. The van der Waals surface area contributed by atoms with Crippen molar-refractivity contribution in [3.8, 4) is 11.5 Å². The minimum atomic E-state index is -1.14. The van der Waals surface area contributed by atoms with Crippen LogP contribution in [0.5, 0.6) is 11.5 Å². The third kappa shape index (κ3) is 5.37. The predicted molar refractivity (Wildman–Crippen MR) is 97.6 cm³/mol. The van der Waals surface area contributed by atoms with Crippen molar-refractivity contribution in [3.05, 3.63) is 57.6 Å². The Labute approximate surface area is 159 Å². The van der Waals surface area contributed by atoms with Gasteiger partial charge in [0, 0.05) is 10.6 Å². The van der Waals surface area contributed by atoms with Crippen LogP contribution in [0, 0.1) is 0 Å². The molecule has 0 spiro atoms. The van der Waals surface area contributed by atoms with Crippen LogP contribution < -0.4 is 14.9 Å². The Morgan fingerprint density at radius 2 is 1.92 bits per heavy atom. The molecule has 26 heavy (non-hydrogen) atoms. The Kier molecular flexibility index (Phi) is 6.82. The lowest BCUT2D eigenvalue weighted by Gasteiger charge is -2.11. The van der Waals surface area contributed by atoms with Crippen molar-refractivity contribution in [2.45, 2.75) is 0 Å². The molecule has 0 fully saturated rings. The number of hydrogen-bond donors (Lipinski definition) is 2. The molecule has 7 nitrogen and oxygen atoms in total. The molecule has 0 atom stereocenters. The maximum Gasteiger partial charge on any atom is 0.341 e. The highest BCUT2D eigenvalue weighted by molar-refractivity contribution is 6.32. The van der Waals surface area contributed by atoms with Crippen molar-refractivity contribution < 1.29 is 24.2 Å². The summed E-state index contributed by atoms with van der Waals surface area (Å²) in [5.41, 5.74) is 3.29. The molecule has 2 rings (SSSR count). The fourth-order valence-corrected chi connectivity index (χ4v) is 2.32. The van der Waals surface area contributed by atoms with Crippen molar-refractivity contribution in [1.82, 2.24) is 5.43 Å². The SMILES string of the molecule is COc1cc(/C=N\NC(=O)c2ccc(Cl)cc2)cc(Cl)c1OCC(=O)O. The first-order valence-electron chi connectivity index (χ1n) is 7.22. The summed E-state index contributed by atoms with van der Waals surface area (Å²) in [6.07, 6.45) is 1.36. The molecule has 2 N–H and O–H groups in total. The number of methoxy groups -OCH3 is 1. The van der Waals surface area contributed by atoms with Crippen molar-refractivity contribution in [2.24, 2.45) is 5.10 Å². The van der Waals surface area contributed by atoms with Crippen molar-refractivity contribution in [3.63, 3.8) is 0 Å². The smallest absolute Gasteiger partial charge is 0.341 e. The minimum absolute atomic E-state index is 0.110. The Hall–Kier alpha value is -2.77. The van der Waals surface area contributed by atoms with Crippen molar-refractivity contribution in [1.29, 1.82) is 0 Å². The van der Waals surface area contributed by atoms with E-state index in [4.69, 9.17) is 37.8 Å². The number of nitrogens with zero attached hydrogens (tertiary/aromatic N) is 1. The first kappa shape index (κ1) is 19.6. The molecular formula is C17H14Cl2N2O5. The summed E-state index contributed by atoms with van der Waals surface area (Å²) in [6.45, 7) is -0.555. The molecule has 0 aromatic heterocycles. The van der Waals surface area contributed by atoms with Gasteiger partial charge in [-0.1, -0.05) is 23.2 Å². The molecule has 2 aromatic rings. The molecular weight excluding hydrogens is 383 g/mol. The maximum atomic E-state index is 11.9. The monoisotopic (exact) mass is 396 g/mol. The molecule has 136 valence electrons.